The van der Waals surface area contributed by atoms with E-state index in [1.54, 1.807) is 0 Å². The van der Waals surface area contributed by atoms with Crippen molar-refractivity contribution in [3.05, 3.63) is 481 Å². The standard InChI is InChI=1S/C120H72N2O2/c1-5-33-85-73(25-1)29-21-43-89(85)77-53-61-81(62-54-77)121(82-63-55-78(56-64-82)90-44-22-30-74-26-2-6-34-86(74)90)109-71-107-113(115-97-41-13-19-51-111(97)123-117(109)115)99-69-106-100(70-105(99)119(107)101-47-15-9-37-93(101)94-38-10-16-48-102(94)119)114-108(120(106)103-49-17-11-39-95(103)96-40-12-18-50-104(96)120)72-110(118-116(114)98-42-14-20-52-112(98)124-118)122(83-65-57-79(58-66-83)91-45-23-31-75-27-3-7-35-87(75)91)84-67-59-80(60-68-84)92-46-24-32-76-28-4-8-36-88(76)92/h1-72H. The second kappa shape index (κ2) is 26.2. The van der Waals surface area contributed by atoms with E-state index in [9.17, 15) is 0 Å². The second-order valence-electron chi connectivity index (χ2n) is 33.8. The summed E-state index contributed by atoms with van der Waals surface area (Å²) in [6.07, 6.45) is 0. The highest BCUT2D eigenvalue weighted by Crippen LogP contribution is 2.71. The number of furan rings is 2. The number of benzene rings is 21. The zero-order valence-electron chi connectivity index (χ0n) is 67.3. The Morgan fingerprint density at radius 3 is 0.718 bits per heavy atom. The van der Waals surface area contributed by atoms with Gasteiger partial charge in [-0.15, -0.1) is 0 Å². The summed E-state index contributed by atoms with van der Waals surface area (Å²) >= 11 is 0. The first-order valence-electron chi connectivity index (χ1n) is 43.0. The Hall–Kier alpha value is -16.1. The van der Waals surface area contributed by atoms with Gasteiger partial charge in [-0.25, -0.2) is 0 Å². The van der Waals surface area contributed by atoms with Gasteiger partial charge in [0.25, 0.3) is 0 Å². The number of nitrogens with zero attached hydrogens (tertiary/aromatic N) is 2. The average Bonchev–Trinajstić information content (AvgIpc) is 1.47. The van der Waals surface area contributed by atoms with Gasteiger partial charge in [0.2, 0.25) is 0 Å². The van der Waals surface area contributed by atoms with Crippen LogP contribution in [-0.2, 0) is 10.8 Å². The second-order valence-corrected chi connectivity index (χ2v) is 33.8. The van der Waals surface area contributed by atoms with E-state index in [0.29, 0.717) is 0 Å². The van der Waals surface area contributed by atoms with Crippen LogP contribution in [0.4, 0.5) is 34.1 Å². The van der Waals surface area contributed by atoms with Gasteiger partial charge in [-0.05, 0) is 262 Å². The van der Waals surface area contributed by atoms with Crippen LogP contribution in [-0.4, -0.2) is 0 Å². The van der Waals surface area contributed by atoms with Gasteiger partial charge in [0.05, 0.1) is 22.2 Å². The van der Waals surface area contributed by atoms with E-state index >= 15 is 0 Å². The molecule has 23 aromatic rings. The molecule has 2 spiro atoms. The molecule has 574 valence electrons. The van der Waals surface area contributed by atoms with Crippen molar-refractivity contribution in [1.29, 1.82) is 0 Å². The number of rotatable bonds is 10. The molecule has 0 radical (unpaired) electrons. The summed E-state index contributed by atoms with van der Waals surface area (Å²) in [7, 11) is 0. The molecule has 0 aliphatic heterocycles. The van der Waals surface area contributed by atoms with E-state index in [1.165, 1.54) is 154 Å². The fourth-order valence-electron chi connectivity index (χ4n) is 22.7. The molecule has 2 heterocycles. The summed E-state index contributed by atoms with van der Waals surface area (Å²) in [5, 5.41) is 14.0. The molecule has 0 fully saturated rings. The molecular weight excluding hydrogens is 1500 g/mol. The van der Waals surface area contributed by atoms with Crippen LogP contribution in [0.25, 0.3) is 176 Å². The molecule has 0 saturated heterocycles. The lowest BCUT2D eigenvalue weighted by Gasteiger charge is -2.33. The van der Waals surface area contributed by atoms with E-state index in [1.807, 2.05) is 0 Å². The fraction of sp³-hybridized carbons (Fsp3) is 0.0167. The minimum atomic E-state index is -0.886. The number of hydrogen-bond donors (Lipinski definition) is 0. The van der Waals surface area contributed by atoms with Crippen molar-refractivity contribution in [3.63, 3.8) is 0 Å². The molecule has 0 saturated carbocycles. The molecule has 0 N–H and O–H groups in total. The Labute approximate surface area is 715 Å². The first-order valence-corrected chi connectivity index (χ1v) is 43.0. The summed E-state index contributed by atoms with van der Waals surface area (Å²) in [6, 6.07) is 164. The highest BCUT2D eigenvalue weighted by molar-refractivity contribution is 6.24. The summed E-state index contributed by atoms with van der Waals surface area (Å²) in [4.78, 5) is 4.96. The maximum absolute atomic E-state index is 7.77. The molecule has 0 amide bonds. The lowest BCUT2D eigenvalue weighted by molar-refractivity contribution is 0.668. The zero-order valence-corrected chi connectivity index (χ0v) is 67.3. The Bertz CT molecular complexity index is 7640. The van der Waals surface area contributed by atoms with Crippen LogP contribution >= 0.6 is 0 Å². The SMILES string of the molecule is c1ccc2c(c1)-c1ccccc1C21c2cc3c(cc2-c2c1cc(N(c1ccc(-c4cccc5ccccc45)cc1)c1ccc(-c4cccc5ccccc45)cc1)c1oc4ccccc4c21)C1(c2ccccc2-c2ccccc21)c1cc(N(c2ccc(-c4cccc5ccccc45)cc2)c2ccc(-c4cccc5ccccc45)cc2)c2oc4ccccc4c2c1-3. The van der Waals surface area contributed by atoms with Crippen LogP contribution in [0.1, 0.15) is 44.5 Å². The van der Waals surface area contributed by atoms with Crippen molar-refractivity contribution in [2.24, 2.45) is 0 Å². The minimum Gasteiger partial charge on any atom is -0.454 e. The van der Waals surface area contributed by atoms with Crippen molar-refractivity contribution >= 4 is 121 Å². The number of hydrogen-bond acceptors (Lipinski definition) is 4. The lowest BCUT2D eigenvalue weighted by Crippen LogP contribution is -2.27. The van der Waals surface area contributed by atoms with Crippen LogP contribution in [0.2, 0.25) is 0 Å². The van der Waals surface area contributed by atoms with Crippen LogP contribution in [0, 0.1) is 0 Å². The third kappa shape index (κ3) is 9.51. The lowest BCUT2D eigenvalue weighted by atomic mass is 9.68. The van der Waals surface area contributed by atoms with Gasteiger partial charge in [-0.2, -0.15) is 0 Å². The largest absolute Gasteiger partial charge is 0.454 e. The molecular formula is C120H72N2O2. The molecule has 0 atom stereocenters. The first-order chi connectivity index (χ1) is 61.5. The third-order valence-electron chi connectivity index (χ3n) is 27.9. The summed E-state index contributed by atoms with van der Waals surface area (Å²) in [6.45, 7) is 0. The van der Waals surface area contributed by atoms with E-state index < -0.39 is 10.8 Å². The quantitative estimate of drug-likeness (QED) is 0.137. The van der Waals surface area contributed by atoms with Crippen molar-refractivity contribution in [1.82, 2.24) is 0 Å². The van der Waals surface area contributed by atoms with Gasteiger partial charge in [0, 0.05) is 44.3 Å². The fourth-order valence-corrected chi connectivity index (χ4v) is 22.7. The molecule has 124 heavy (non-hydrogen) atoms. The molecule has 0 unspecified atom stereocenters. The van der Waals surface area contributed by atoms with Gasteiger partial charge in [0.15, 0.2) is 11.2 Å². The van der Waals surface area contributed by atoms with Gasteiger partial charge in [0.1, 0.15) is 11.2 Å². The van der Waals surface area contributed by atoms with Crippen LogP contribution in [0.15, 0.2) is 446 Å². The number of fused-ring (bicyclic) bond motifs is 32. The Balaban J connectivity index is 0.746. The van der Waals surface area contributed by atoms with E-state index in [-0.39, 0.29) is 0 Å². The molecule has 4 aliphatic rings. The van der Waals surface area contributed by atoms with Crippen molar-refractivity contribution in [3.8, 4) is 89.0 Å². The number of para-hydroxylation sites is 2. The Morgan fingerprint density at radius 1 is 0.177 bits per heavy atom. The monoisotopic (exact) mass is 1570 g/mol. The third-order valence-corrected chi connectivity index (χ3v) is 27.9. The van der Waals surface area contributed by atoms with Gasteiger partial charge in [-0.3, -0.25) is 0 Å². The Morgan fingerprint density at radius 2 is 0.419 bits per heavy atom. The normalized spacial score (nSPS) is 13.3. The highest BCUT2D eigenvalue weighted by atomic mass is 16.3. The van der Waals surface area contributed by atoms with E-state index in [2.05, 4.69) is 447 Å². The van der Waals surface area contributed by atoms with Gasteiger partial charge in [-0.1, -0.05) is 352 Å². The van der Waals surface area contributed by atoms with E-state index in [4.69, 9.17) is 8.83 Å². The predicted molar refractivity (Wildman–Crippen MR) is 515 cm³/mol. The summed E-state index contributed by atoms with van der Waals surface area (Å²) in [5.41, 5.74) is 36.1. The predicted octanol–water partition coefficient (Wildman–Crippen LogP) is 32.4. The highest BCUT2D eigenvalue weighted by Gasteiger charge is 2.58. The molecule has 2 aromatic heterocycles. The molecule has 4 nitrogen and oxygen atoms in total. The van der Waals surface area contributed by atoms with E-state index in [0.717, 1.165) is 100 Å². The summed E-state index contributed by atoms with van der Waals surface area (Å²) < 4.78 is 15.5. The maximum Gasteiger partial charge on any atom is 0.160 e. The zero-order chi connectivity index (χ0) is 81.0. The molecule has 4 heteroatoms. The van der Waals surface area contributed by atoms with Crippen LogP contribution < -0.4 is 9.80 Å². The van der Waals surface area contributed by atoms with Crippen molar-refractivity contribution in [2.75, 3.05) is 9.80 Å². The number of anilines is 6. The first kappa shape index (κ1) is 68.7. The molecule has 4 aliphatic carbocycles. The van der Waals surface area contributed by atoms with Crippen LogP contribution in [0.3, 0.4) is 0 Å². The average molecular weight is 1570 g/mol. The van der Waals surface area contributed by atoms with Gasteiger partial charge >= 0.3 is 0 Å². The molecule has 0 bridgehead atoms. The van der Waals surface area contributed by atoms with Crippen LogP contribution in [0.5, 0.6) is 0 Å². The maximum atomic E-state index is 7.77. The van der Waals surface area contributed by atoms with Crippen molar-refractivity contribution < 1.29 is 8.83 Å². The topological polar surface area (TPSA) is 32.8 Å². The smallest absolute Gasteiger partial charge is 0.160 e. The Kier molecular flexibility index (Phi) is 14.5. The van der Waals surface area contributed by atoms with Crippen molar-refractivity contribution in [2.45, 2.75) is 10.8 Å². The molecule has 27 rings (SSSR count). The summed E-state index contributed by atoms with van der Waals surface area (Å²) in [5.74, 6) is 0. The minimum absolute atomic E-state index is 0.806. The van der Waals surface area contributed by atoms with Gasteiger partial charge < -0.3 is 18.6 Å². The molecule has 21 aromatic carbocycles.